The van der Waals surface area contributed by atoms with E-state index in [1.54, 1.807) is 0 Å². The van der Waals surface area contributed by atoms with Crippen LogP contribution in [0.3, 0.4) is 0 Å². The standard InChI is InChI=1S/C24H24N4O/c1-24(2)27-23(29)20-9-8-17(18-10-12-25-22-19(18)11-13-26-22)14-21(20)28(24)15-16-6-4-3-5-7-16/h3-14,22,25-26H,15H2,1-2H3,(H,27,29). The highest BCUT2D eigenvalue weighted by Gasteiger charge is 2.37. The van der Waals surface area contributed by atoms with Crippen LogP contribution in [0.4, 0.5) is 5.69 Å². The fourth-order valence-corrected chi connectivity index (χ4v) is 4.27. The molecule has 0 spiro atoms. The predicted octanol–water partition coefficient (Wildman–Crippen LogP) is 3.49. The molecule has 2 aromatic rings. The van der Waals surface area contributed by atoms with Crippen LogP contribution in [0, 0.1) is 0 Å². The molecule has 1 atom stereocenters. The molecule has 0 fully saturated rings. The lowest BCUT2D eigenvalue weighted by molar-refractivity contribution is 0.0897. The van der Waals surface area contributed by atoms with Gasteiger partial charge in [0.2, 0.25) is 0 Å². The van der Waals surface area contributed by atoms with E-state index in [9.17, 15) is 4.79 Å². The Labute approximate surface area is 170 Å². The topological polar surface area (TPSA) is 56.4 Å². The van der Waals surface area contributed by atoms with E-state index >= 15 is 0 Å². The lowest BCUT2D eigenvalue weighted by atomic mass is 9.92. The number of dihydropyridines is 1. The second-order valence-corrected chi connectivity index (χ2v) is 8.12. The van der Waals surface area contributed by atoms with Gasteiger partial charge < -0.3 is 20.9 Å². The summed E-state index contributed by atoms with van der Waals surface area (Å²) in [4.78, 5) is 15.1. The Hall–Kier alpha value is -3.47. The van der Waals surface area contributed by atoms with Crippen molar-refractivity contribution in [1.29, 1.82) is 0 Å². The molecule has 5 nitrogen and oxygen atoms in total. The number of allylic oxidation sites excluding steroid dienone is 2. The van der Waals surface area contributed by atoms with Crippen LogP contribution in [0.15, 0.2) is 78.7 Å². The fourth-order valence-electron chi connectivity index (χ4n) is 4.27. The Kier molecular flexibility index (Phi) is 3.98. The van der Waals surface area contributed by atoms with E-state index in [0.717, 1.165) is 17.8 Å². The SMILES string of the molecule is CC1(C)NC(=O)c2ccc(C3=C4C=CNC4NC=C3)cc2N1Cc1ccccc1. The highest BCUT2D eigenvalue weighted by Crippen LogP contribution is 2.37. The van der Waals surface area contributed by atoms with E-state index in [1.807, 2.05) is 42.7 Å². The number of carbonyl (C=O) groups excluding carboxylic acids is 1. The van der Waals surface area contributed by atoms with Crippen molar-refractivity contribution in [3.05, 3.63) is 95.3 Å². The molecule has 0 saturated carbocycles. The molecule has 2 aromatic carbocycles. The van der Waals surface area contributed by atoms with Crippen molar-refractivity contribution in [3.63, 3.8) is 0 Å². The largest absolute Gasteiger partial charge is 0.368 e. The van der Waals surface area contributed by atoms with Gasteiger partial charge in [0, 0.05) is 12.1 Å². The van der Waals surface area contributed by atoms with Crippen LogP contribution < -0.4 is 20.9 Å². The van der Waals surface area contributed by atoms with Gasteiger partial charge in [-0.3, -0.25) is 4.79 Å². The molecule has 5 rings (SSSR count). The molecule has 3 aliphatic rings. The Bertz CT molecular complexity index is 1070. The molecule has 0 aliphatic carbocycles. The van der Waals surface area contributed by atoms with Gasteiger partial charge in [-0.25, -0.2) is 0 Å². The third-order valence-corrected chi connectivity index (χ3v) is 5.78. The van der Waals surface area contributed by atoms with Crippen LogP contribution in [0.5, 0.6) is 0 Å². The Balaban J connectivity index is 1.62. The highest BCUT2D eigenvalue weighted by atomic mass is 16.2. The monoisotopic (exact) mass is 384 g/mol. The zero-order chi connectivity index (χ0) is 20.0. The fraction of sp³-hybridized carbons (Fsp3) is 0.208. The number of hydrogen-bond acceptors (Lipinski definition) is 4. The number of carbonyl (C=O) groups is 1. The van der Waals surface area contributed by atoms with Gasteiger partial charge in [0.15, 0.2) is 0 Å². The van der Waals surface area contributed by atoms with Crippen molar-refractivity contribution in [2.45, 2.75) is 32.2 Å². The predicted molar refractivity (Wildman–Crippen MR) is 116 cm³/mol. The number of nitrogens with one attached hydrogen (secondary N) is 3. The number of benzene rings is 2. The van der Waals surface area contributed by atoms with Crippen molar-refractivity contribution in [2.24, 2.45) is 0 Å². The maximum Gasteiger partial charge on any atom is 0.255 e. The van der Waals surface area contributed by atoms with Crippen molar-refractivity contribution < 1.29 is 4.79 Å². The lowest BCUT2D eigenvalue weighted by Gasteiger charge is -2.45. The van der Waals surface area contributed by atoms with E-state index < -0.39 is 5.66 Å². The maximum absolute atomic E-state index is 12.8. The van der Waals surface area contributed by atoms with E-state index in [0.29, 0.717) is 5.56 Å². The zero-order valence-corrected chi connectivity index (χ0v) is 16.6. The molecule has 1 unspecified atom stereocenters. The van der Waals surface area contributed by atoms with Gasteiger partial charge >= 0.3 is 0 Å². The van der Waals surface area contributed by atoms with Gasteiger partial charge in [-0.05, 0) is 67.2 Å². The number of hydrogen-bond donors (Lipinski definition) is 3. The summed E-state index contributed by atoms with van der Waals surface area (Å²) in [5.74, 6) is -0.0281. The number of amides is 1. The van der Waals surface area contributed by atoms with Gasteiger partial charge in [0.05, 0.1) is 11.3 Å². The van der Waals surface area contributed by atoms with E-state index in [2.05, 4.69) is 65.0 Å². The summed E-state index contributed by atoms with van der Waals surface area (Å²) in [5, 5.41) is 9.77. The molecule has 0 aromatic heterocycles. The summed E-state index contributed by atoms with van der Waals surface area (Å²) in [5.41, 5.74) is 5.88. The first-order valence-electron chi connectivity index (χ1n) is 9.91. The third kappa shape index (κ3) is 2.99. The van der Waals surface area contributed by atoms with E-state index in [1.165, 1.54) is 16.7 Å². The summed E-state index contributed by atoms with van der Waals surface area (Å²) in [7, 11) is 0. The summed E-state index contributed by atoms with van der Waals surface area (Å²) in [6, 6.07) is 16.5. The first kappa shape index (κ1) is 17.6. The van der Waals surface area contributed by atoms with Crippen molar-refractivity contribution >= 4 is 17.2 Å². The Morgan fingerprint density at radius 2 is 1.76 bits per heavy atom. The minimum absolute atomic E-state index is 0.0281. The summed E-state index contributed by atoms with van der Waals surface area (Å²) in [6.45, 7) is 4.82. The molecule has 0 bridgehead atoms. The van der Waals surface area contributed by atoms with Gasteiger partial charge in [-0.1, -0.05) is 36.4 Å². The van der Waals surface area contributed by atoms with Gasteiger partial charge in [-0.15, -0.1) is 0 Å². The molecule has 0 saturated heterocycles. The number of fused-ring (bicyclic) bond motifs is 2. The smallest absolute Gasteiger partial charge is 0.255 e. The Morgan fingerprint density at radius 1 is 1.00 bits per heavy atom. The maximum atomic E-state index is 12.8. The van der Waals surface area contributed by atoms with Crippen LogP contribution in [0.2, 0.25) is 0 Å². The molecule has 0 radical (unpaired) electrons. The van der Waals surface area contributed by atoms with Crippen LogP contribution in [-0.2, 0) is 6.54 Å². The molecular formula is C24H24N4O. The summed E-state index contributed by atoms with van der Waals surface area (Å²) < 4.78 is 0. The van der Waals surface area contributed by atoms with Crippen molar-refractivity contribution in [3.8, 4) is 0 Å². The van der Waals surface area contributed by atoms with Crippen LogP contribution in [0.1, 0.15) is 35.3 Å². The average molecular weight is 384 g/mol. The molecular weight excluding hydrogens is 360 g/mol. The quantitative estimate of drug-likeness (QED) is 0.758. The zero-order valence-electron chi connectivity index (χ0n) is 16.6. The van der Waals surface area contributed by atoms with Crippen molar-refractivity contribution in [2.75, 3.05) is 4.90 Å². The molecule has 3 N–H and O–H groups in total. The van der Waals surface area contributed by atoms with E-state index in [-0.39, 0.29) is 12.1 Å². The molecule has 146 valence electrons. The van der Waals surface area contributed by atoms with Crippen LogP contribution in [-0.4, -0.2) is 17.7 Å². The average Bonchev–Trinajstić information content (AvgIpc) is 3.20. The van der Waals surface area contributed by atoms with Crippen molar-refractivity contribution in [1.82, 2.24) is 16.0 Å². The number of anilines is 1. The second kappa shape index (κ2) is 6.55. The normalized spacial score (nSPS) is 21.2. The second-order valence-electron chi connectivity index (χ2n) is 8.12. The first-order chi connectivity index (χ1) is 14.0. The van der Waals surface area contributed by atoms with Gasteiger partial charge in [0.1, 0.15) is 11.8 Å². The summed E-state index contributed by atoms with van der Waals surface area (Å²) in [6.07, 6.45) is 8.25. The first-order valence-corrected chi connectivity index (χ1v) is 9.91. The molecule has 1 amide bonds. The van der Waals surface area contributed by atoms with Gasteiger partial charge in [-0.2, -0.15) is 0 Å². The minimum Gasteiger partial charge on any atom is -0.368 e. The lowest BCUT2D eigenvalue weighted by Crippen LogP contribution is -2.60. The van der Waals surface area contributed by atoms with Crippen LogP contribution in [0.25, 0.3) is 5.57 Å². The third-order valence-electron chi connectivity index (χ3n) is 5.78. The number of nitrogens with zero attached hydrogens (tertiary/aromatic N) is 1. The van der Waals surface area contributed by atoms with Crippen LogP contribution >= 0.6 is 0 Å². The minimum atomic E-state index is -0.488. The number of rotatable bonds is 3. The molecule has 3 aliphatic heterocycles. The Morgan fingerprint density at radius 3 is 2.55 bits per heavy atom. The highest BCUT2D eigenvalue weighted by molar-refractivity contribution is 6.03. The summed E-state index contributed by atoms with van der Waals surface area (Å²) >= 11 is 0. The van der Waals surface area contributed by atoms with Gasteiger partial charge in [0.25, 0.3) is 5.91 Å². The molecule has 29 heavy (non-hydrogen) atoms. The van der Waals surface area contributed by atoms with E-state index in [4.69, 9.17) is 0 Å². The molecule has 5 heteroatoms. The molecule has 3 heterocycles.